The largest absolute Gasteiger partial charge is 0.321 e. The summed E-state index contributed by atoms with van der Waals surface area (Å²) in [4.78, 5) is 24.3. The summed E-state index contributed by atoms with van der Waals surface area (Å²) in [6.07, 6.45) is 1.40. The number of rotatable bonds is 2. The number of benzene rings is 2. The number of amides is 1. The summed E-state index contributed by atoms with van der Waals surface area (Å²) < 4.78 is 0.867. The standard InChI is InChI=1S/C17H12BrNO2/c1-10-2-4-11(5-3-10)16(20)9-14-13-8-12(18)6-7-15(13)19-17(14)21/h2-9H,1H3,(H,19,21)/b14-9-. The molecule has 0 fully saturated rings. The minimum Gasteiger partial charge on any atom is -0.321 e. The normalized spacial score (nSPS) is 15.0. The molecule has 0 aliphatic carbocycles. The molecular formula is C17H12BrNO2. The van der Waals surface area contributed by atoms with Crippen molar-refractivity contribution in [2.24, 2.45) is 0 Å². The second-order valence-electron chi connectivity index (χ2n) is 4.93. The zero-order valence-corrected chi connectivity index (χ0v) is 12.9. The molecule has 4 heteroatoms. The van der Waals surface area contributed by atoms with Crippen molar-refractivity contribution in [2.75, 3.05) is 5.32 Å². The number of ketones is 1. The molecule has 0 bridgehead atoms. The first-order valence-corrected chi connectivity index (χ1v) is 7.28. The topological polar surface area (TPSA) is 46.2 Å². The fourth-order valence-electron chi connectivity index (χ4n) is 2.24. The third kappa shape index (κ3) is 2.67. The van der Waals surface area contributed by atoms with Gasteiger partial charge < -0.3 is 5.32 Å². The van der Waals surface area contributed by atoms with E-state index >= 15 is 0 Å². The van der Waals surface area contributed by atoms with Crippen molar-refractivity contribution in [1.29, 1.82) is 0 Å². The molecule has 1 aliphatic rings. The minimum atomic E-state index is -0.247. The summed E-state index contributed by atoms with van der Waals surface area (Å²) in [6, 6.07) is 12.8. The van der Waals surface area contributed by atoms with Crippen LogP contribution in [0.15, 0.2) is 53.0 Å². The lowest BCUT2D eigenvalue weighted by Gasteiger charge is -2.00. The highest BCUT2D eigenvalue weighted by atomic mass is 79.9. The fourth-order valence-corrected chi connectivity index (χ4v) is 2.60. The van der Waals surface area contributed by atoms with Gasteiger partial charge in [-0.2, -0.15) is 0 Å². The zero-order chi connectivity index (χ0) is 15.0. The van der Waals surface area contributed by atoms with Gasteiger partial charge in [0.2, 0.25) is 0 Å². The summed E-state index contributed by atoms with van der Waals surface area (Å²) >= 11 is 3.38. The monoisotopic (exact) mass is 341 g/mol. The van der Waals surface area contributed by atoms with Crippen LogP contribution in [0.2, 0.25) is 0 Å². The van der Waals surface area contributed by atoms with E-state index in [2.05, 4.69) is 21.2 Å². The van der Waals surface area contributed by atoms with E-state index in [4.69, 9.17) is 0 Å². The van der Waals surface area contributed by atoms with Crippen molar-refractivity contribution in [1.82, 2.24) is 0 Å². The lowest BCUT2D eigenvalue weighted by molar-refractivity contribution is -0.110. The van der Waals surface area contributed by atoms with Crippen molar-refractivity contribution in [3.8, 4) is 0 Å². The molecule has 1 aliphatic heterocycles. The molecule has 1 heterocycles. The van der Waals surface area contributed by atoms with E-state index in [0.717, 1.165) is 21.3 Å². The third-order valence-corrected chi connectivity index (χ3v) is 3.87. The van der Waals surface area contributed by atoms with E-state index in [1.54, 1.807) is 12.1 Å². The molecule has 0 aromatic heterocycles. The van der Waals surface area contributed by atoms with Crippen molar-refractivity contribution < 1.29 is 9.59 Å². The van der Waals surface area contributed by atoms with Gasteiger partial charge in [0.05, 0.1) is 5.57 Å². The van der Waals surface area contributed by atoms with Crippen LogP contribution in [0.4, 0.5) is 5.69 Å². The van der Waals surface area contributed by atoms with Crippen LogP contribution >= 0.6 is 15.9 Å². The van der Waals surface area contributed by atoms with E-state index < -0.39 is 0 Å². The average molecular weight is 342 g/mol. The van der Waals surface area contributed by atoms with Gasteiger partial charge in [-0.25, -0.2) is 0 Å². The van der Waals surface area contributed by atoms with Crippen LogP contribution in [0.25, 0.3) is 5.57 Å². The van der Waals surface area contributed by atoms with Crippen LogP contribution < -0.4 is 5.32 Å². The molecule has 1 N–H and O–H groups in total. The van der Waals surface area contributed by atoms with Crippen LogP contribution in [-0.2, 0) is 4.79 Å². The fraction of sp³-hybridized carbons (Fsp3) is 0.0588. The summed E-state index contributed by atoms with van der Waals surface area (Å²) in [6.45, 7) is 1.96. The first-order valence-electron chi connectivity index (χ1n) is 6.48. The Labute approximate surface area is 130 Å². The number of halogens is 1. The molecule has 3 nitrogen and oxygen atoms in total. The van der Waals surface area contributed by atoms with Gasteiger partial charge in [-0.3, -0.25) is 9.59 Å². The molecule has 0 saturated heterocycles. The highest BCUT2D eigenvalue weighted by Gasteiger charge is 2.25. The Kier molecular flexibility index (Phi) is 3.47. The predicted molar refractivity (Wildman–Crippen MR) is 86.3 cm³/mol. The number of nitrogens with one attached hydrogen (secondary N) is 1. The third-order valence-electron chi connectivity index (χ3n) is 3.38. The van der Waals surface area contributed by atoms with Gasteiger partial charge in [0.25, 0.3) is 5.91 Å². The first kappa shape index (κ1) is 13.8. The number of fused-ring (bicyclic) bond motifs is 1. The number of carbonyl (C=O) groups is 2. The van der Waals surface area contributed by atoms with E-state index in [0.29, 0.717) is 11.1 Å². The Bertz CT molecular complexity index is 776. The molecule has 0 saturated carbocycles. The van der Waals surface area contributed by atoms with Crippen molar-refractivity contribution in [3.05, 3.63) is 69.7 Å². The summed E-state index contributed by atoms with van der Waals surface area (Å²) in [5.41, 5.74) is 3.54. The highest BCUT2D eigenvalue weighted by molar-refractivity contribution is 9.10. The maximum absolute atomic E-state index is 12.3. The number of hydrogen-bond donors (Lipinski definition) is 1. The van der Waals surface area contributed by atoms with Gasteiger partial charge in [0, 0.05) is 21.3 Å². The molecule has 3 rings (SSSR count). The predicted octanol–water partition coefficient (Wildman–Crippen LogP) is 3.98. The van der Waals surface area contributed by atoms with Crippen molar-refractivity contribution >= 4 is 38.9 Å². The van der Waals surface area contributed by atoms with E-state index in [1.165, 1.54) is 6.08 Å². The molecule has 0 spiro atoms. The molecule has 2 aromatic carbocycles. The second-order valence-corrected chi connectivity index (χ2v) is 5.85. The number of hydrogen-bond acceptors (Lipinski definition) is 2. The Morgan fingerprint density at radius 1 is 1.14 bits per heavy atom. The van der Waals surface area contributed by atoms with Crippen LogP contribution in [0.3, 0.4) is 0 Å². The molecule has 21 heavy (non-hydrogen) atoms. The zero-order valence-electron chi connectivity index (χ0n) is 11.3. The Balaban J connectivity index is 2.00. The first-order chi connectivity index (χ1) is 10.0. The molecule has 0 atom stereocenters. The number of allylic oxidation sites excluding steroid dienone is 1. The van der Waals surface area contributed by atoms with Crippen molar-refractivity contribution in [3.63, 3.8) is 0 Å². The lowest BCUT2D eigenvalue weighted by Crippen LogP contribution is -2.06. The van der Waals surface area contributed by atoms with Gasteiger partial charge >= 0.3 is 0 Å². The minimum absolute atomic E-state index is 0.173. The van der Waals surface area contributed by atoms with Gasteiger partial charge in [0.15, 0.2) is 5.78 Å². The summed E-state index contributed by atoms with van der Waals surface area (Å²) in [7, 11) is 0. The van der Waals surface area contributed by atoms with E-state index in [9.17, 15) is 9.59 Å². The maximum Gasteiger partial charge on any atom is 0.256 e. The van der Waals surface area contributed by atoms with Crippen molar-refractivity contribution in [2.45, 2.75) is 6.92 Å². The number of carbonyl (C=O) groups excluding carboxylic acids is 2. The SMILES string of the molecule is Cc1ccc(C(=O)/C=C2\C(=O)Nc3ccc(Br)cc32)cc1. The van der Waals surface area contributed by atoms with Crippen LogP contribution in [0.1, 0.15) is 21.5 Å². The van der Waals surface area contributed by atoms with E-state index in [-0.39, 0.29) is 11.7 Å². The highest BCUT2D eigenvalue weighted by Crippen LogP contribution is 2.34. The average Bonchev–Trinajstić information content (AvgIpc) is 2.76. The number of aryl methyl sites for hydroxylation is 1. The quantitative estimate of drug-likeness (QED) is 0.663. The Hall–Kier alpha value is -2.20. The van der Waals surface area contributed by atoms with Crippen LogP contribution in [-0.4, -0.2) is 11.7 Å². The molecule has 2 aromatic rings. The van der Waals surface area contributed by atoms with E-state index in [1.807, 2.05) is 37.3 Å². The molecular weight excluding hydrogens is 330 g/mol. The second kappa shape index (κ2) is 5.30. The van der Waals surface area contributed by atoms with Crippen LogP contribution in [0.5, 0.6) is 0 Å². The number of anilines is 1. The lowest BCUT2D eigenvalue weighted by atomic mass is 10.0. The maximum atomic E-state index is 12.3. The summed E-state index contributed by atoms with van der Waals surface area (Å²) in [5, 5.41) is 2.76. The Morgan fingerprint density at radius 3 is 2.57 bits per heavy atom. The molecule has 1 amide bonds. The smallest absolute Gasteiger partial charge is 0.256 e. The van der Waals surface area contributed by atoms with Gasteiger partial charge in [-0.05, 0) is 31.2 Å². The molecule has 0 unspecified atom stereocenters. The van der Waals surface area contributed by atoms with Gasteiger partial charge in [0.1, 0.15) is 0 Å². The van der Waals surface area contributed by atoms with Gasteiger partial charge in [-0.15, -0.1) is 0 Å². The van der Waals surface area contributed by atoms with Crippen LogP contribution in [0, 0.1) is 6.92 Å². The molecule has 0 radical (unpaired) electrons. The molecule has 104 valence electrons. The van der Waals surface area contributed by atoms with Gasteiger partial charge in [-0.1, -0.05) is 45.8 Å². The summed E-state index contributed by atoms with van der Waals surface area (Å²) in [5.74, 6) is -0.420. The Morgan fingerprint density at radius 2 is 1.86 bits per heavy atom.